The third-order valence-corrected chi connectivity index (χ3v) is 3.33. The molecule has 2 unspecified atom stereocenters. The lowest BCUT2D eigenvalue weighted by molar-refractivity contribution is 0.0712. The summed E-state index contributed by atoms with van der Waals surface area (Å²) in [6.45, 7) is 3.28. The second-order valence-electron chi connectivity index (χ2n) is 4.71. The molecule has 1 saturated heterocycles. The monoisotopic (exact) mass is 284 g/mol. The summed E-state index contributed by atoms with van der Waals surface area (Å²) in [5.41, 5.74) is 7.21. The molecule has 1 aromatic carbocycles. The number of benzene rings is 1. The number of ether oxygens (including phenoxy) is 1. The van der Waals surface area contributed by atoms with E-state index in [1.807, 2.05) is 19.1 Å². The van der Waals surface area contributed by atoms with Crippen molar-refractivity contribution in [2.75, 3.05) is 6.61 Å². The Balaban J connectivity index is 0.00000180. The molecule has 1 amide bonds. The Morgan fingerprint density at radius 1 is 1.47 bits per heavy atom. The van der Waals surface area contributed by atoms with Gasteiger partial charge in [-0.3, -0.25) is 4.79 Å². The molecule has 106 valence electrons. The number of carbonyl (C=O) groups excluding carboxylic acids is 1. The van der Waals surface area contributed by atoms with E-state index in [2.05, 4.69) is 5.32 Å². The molecule has 1 aliphatic rings. The van der Waals surface area contributed by atoms with Crippen LogP contribution in [0.4, 0.5) is 0 Å². The van der Waals surface area contributed by atoms with Gasteiger partial charge >= 0.3 is 0 Å². The van der Waals surface area contributed by atoms with Gasteiger partial charge in [0.15, 0.2) is 0 Å². The first-order valence-corrected chi connectivity index (χ1v) is 6.42. The van der Waals surface area contributed by atoms with Gasteiger partial charge in [-0.05, 0) is 37.5 Å². The number of hydrogen-bond acceptors (Lipinski definition) is 3. The quantitative estimate of drug-likeness (QED) is 0.887. The Hall–Kier alpha value is -1.10. The van der Waals surface area contributed by atoms with Crippen LogP contribution in [0.1, 0.15) is 35.7 Å². The fourth-order valence-corrected chi connectivity index (χ4v) is 2.17. The molecule has 0 spiro atoms. The summed E-state index contributed by atoms with van der Waals surface area (Å²) >= 11 is 0. The van der Waals surface area contributed by atoms with Crippen molar-refractivity contribution >= 4 is 18.3 Å². The van der Waals surface area contributed by atoms with E-state index in [1.54, 1.807) is 12.1 Å². The van der Waals surface area contributed by atoms with E-state index in [1.165, 1.54) is 0 Å². The number of rotatable bonds is 4. The number of amides is 1. The summed E-state index contributed by atoms with van der Waals surface area (Å²) in [6, 6.07) is 7.42. The van der Waals surface area contributed by atoms with E-state index in [-0.39, 0.29) is 30.5 Å². The van der Waals surface area contributed by atoms with Crippen molar-refractivity contribution in [2.45, 2.75) is 38.5 Å². The van der Waals surface area contributed by atoms with Gasteiger partial charge in [-0.1, -0.05) is 12.1 Å². The number of nitrogens with two attached hydrogens (primary N) is 1. The SMILES string of the molecule is CC(NC(=O)c1ccc(CN)cc1)C1CCCO1.Cl. The van der Waals surface area contributed by atoms with E-state index in [0.29, 0.717) is 12.1 Å². The van der Waals surface area contributed by atoms with Crippen molar-refractivity contribution in [1.29, 1.82) is 0 Å². The van der Waals surface area contributed by atoms with Gasteiger partial charge in [0.1, 0.15) is 0 Å². The first kappa shape index (κ1) is 16.0. The summed E-state index contributed by atoms with van der Waals surface area (Å²) in [5.74, 6) is -0.0541. The molecule has 4 nitrogen and oxygen atoms in total. The molecule has 0 aliphatic carbocycles. The lowest BCUT2D eigenvalue weighted by atomic mass is 10.1. The molecule has 3 N–H and O–H groups in total. The van der Waals surface area contributed by atoms with Crippen LogP contribution in [0.2, 0.25) is 0 Å². The molecule has 0 aromatic heterocycles. The highest BCUT2D eigenvalue weighted by molar-refractivity contribution is 5.94. The highest BCUT2D eigenvalue weighted by atomic mass is 35.5. The second-order valence-corrected chi connectivity index (χ2v) is 4.71. The maximum absolute atomic E-state index is 12.0. The fourth-order valence-electron chi connectivity index (χ4n) is 2.17. The molecule has 0 radical (unpaired) electrons. The molecular weight excluding hydrogens is 264 g/mol. The summed E-state index contributed by atoms with van der Waals surface area (Å²) in [5, 5.41) is 2.98. The second kappa shape index (κ2) is 7.48. The summed E-state index contributed by atoms with van der Waals surface area (Å²) in [4.78, 5) is 12.0. The smallest absolute Gasteiger partial charge is 0.251 e. The summed E-state index contributed by atoms with van der Waals surface area (Å²) in [6.07, 6.45) is 2.25. The minimum Gasteiger partial charge on any atom is -0.376 e. The zero-order chi connectivity index (χ0) is 13.0. The van der Waals surface area contributed by atoms with Gasteiger partial charge in [0.25, 0.3) is 5.91 Å². The molecule has 19 heavy (non-hydrogen) atoms. The van der Waals surface area contributed by atoms with Crippen molar-refractivity contribution in [3.8, 4) is 0 Å². The highest BCUT2D eigenvalue weighted by Crippen LogP contribution is 2.15. The van der Waals surface area contributed by atoms with Crippen LogP contribution in [0.5, 0.6) is 0 Å². The van der Waals surface area contributed by atoms with Gasteiger partial charge in [0, 0.05) is 18.7 Å². The largest absolute Gasteiger partial charge is 0.376 e. The highest BCUT2D eigenvalue weighted by Gasteiger charge is 2.23. The Morgan fingerprint density at radius 3 is 2.68 bits per heavy atom. The summed E-state index contributed by atoms with van der Waals surface area (Å²) in [7, 11) is 0. The van der Waals surface area contributed by atoms with E-state index in [9.17, 15) is 4.79 Å². The van der Waals surface area contributed by atoms with Crippen LogP contribution in [0.25, 0.3) is 0 Å². The van der Waals surface area contributed by atoms with Gasteiger partial charge in [-0.15, -0.1) is 12.4 Å². The molecule has 1 aromatic rings. The van der Waals surface area contributed by atoms with Crippen molar-refractivity contribution in [1.82, 2.24) is 5.32 Å². The normalized spacial score (nSPS) is 19.6. The first-order chi connectivity index (χ1) is 8.70. The lowest BCUT2D eigenvalue weighted by Crippen LogP contribution is -2.40. The third kappa shape index (κ3) is 4.20. The van der Waals surface area contributed by atoms with Crippen LogP contribution < -0.4 is 11.1 Å². The van der Waals surface area contributed by atoms with Crippen molar-refractivity contribution in [3.63, 3.8) is 0 Å². The van der Waals surface area contributed by atoms with Gasteiger partial charge < -0.3 is 15.8 Å². The number of nitrogens with one attached hydrogen (secondary N) is 1. The molecule has 1 heterocycles. The van der Waals surface area contributed by atoms with Gasteiger partial charge in [-0.2, -0.15) is 0 Å². The standard InChI is InChI=1S/C14H20N2O2.ClH/c1-10(13-3-2-8-18-13)16-14(17)12-6-4-11(9-15)5-7-12;/h4-7,10,13H,2-3,8-9,15H2,1H3,(H,16,17);1H. The van der Waals surface area contributed by atoms with Crippen molar-refractivity contribution in [2.24, 2.45) is 5.73 Å². The molecule has 5 heteroatoms. The fraction of sp³-hybridized carbons (Fsp3) is 0.500. The maximum Gasteiger partial charge on any atom is 0.251 e. The van der Waals surface area contributed by atoms with E-state index >= 15 is 0 Å². The van der Waals surface area contributed by atoms with E-state index < -0.39 is 0 Å². The minimum atomic E-state index is -0.0541. The lowest BCUT2D eigenvalue weighted by Gasteiger charge is -2.20. The van der Waals surface area contributed by atoms with Crippen LogP contribution >= 0.6 is 12.4 Å². The molecule has 0 bridgehead atoms. The Labute approximate surface area is 120 Å². The van der Waals surface area contributed by atoms with E-state index in [0.717, 1.165) is 25.0 Å². The first-order valence-electron chi connectivity index (χ1n) is 6.42. The van der Waals surface area contributed by atoms with Gasteiger partial charge in [0.2, 0.25) is 0 Å². The molecular formula is C14H21ClN2O2. The van der Waals surface area contributed by atoms with Crippen LogP contribution in [0, 0.1) is 0 Å². The third-order valence-electron chi connectivity index (χ3n) is 3.33. The average Bonchev–Trinajstić information content (AvgIpc) is 2.92. The van der Waals surface area contributed by atoms with Gasteiger partial charge in [0.05, 0.1) is 12.1 Å². The predicted molar refractivity (Wildman–Crippen MR) is 77.5 cm³/mol. The topological polar surface area (TPSA) is 64.4 Å². The average molecular weight is 285 g/mol. The maximum atomic E-state index is 12.0. The number of carbonyl (C=O) groups is 1. The van der Waals surface area contributed by atoms with Crippen LogP contribution in [0.15, 0.2) is 24.3 Å². The molecule has 1 aliphatic heterocycles. The molecule has 2 rings (SSSR count). The number of hydrogen-bond donors (Lipinski definition) is 2. The molecule has 1 fully saturated rings. The molecule has 2 atom stereocenters. The Morgan fingerprint density at radius 2 is 2.16 bits per heavy atom. The zero-order valence-electron chi connectivity index (χ0n) is 11.1. The van der Waals surface area contributed by atoms with Crippen LogP contribution in [-0.4, -0.2) is 24.7 Å². The Kier molecular flexibility index (Phi) is 6.28. The minimum absolute atomic E-state index is 0. The predicted octanol–water partition coefficient (Wildman–Crippen LogP) is 1.86. The number of halogens is 1. The van der Waals surface area contributed by atoms with Gasteiger partial charge in [-0.25, -0.2) is 0 Å². The Bertz CT molecular complexity index is 402. The molecule has 0 saturated carbocycles. The summed E-state index contributed by atoms with van der Waals surface area (Å²) < 4.78 is 5.56. The zero-order valence-corrected chi connectivity index (χ0v) is 11.9. The van der Waals surface area contributed by atoms with Crippen molar-refractivity contribution in [3.05, 3.63) is 35.4 Å². The van der Waals surface area contributed by atoms with Crippen molar-refractivity contribution < 1.29 is 9.53 Å². The van der Waals surface area contributed by atoms with Crippen LogP contribution in [-0.2, 0) is 11.3 Å². The van der Waals surface area contributed by atoms with E-state index in [4.69, 9.17) is 10.5 Å². The van der Waals surface area contributed by atoms with Crippen LogP contribution in [0.3, 0.4) is 0 Å².